The minimum Gasteiger partial charge on any atom is -0.310 e. The number of fused-ring (bicyclic) bond motifs is 3. The molecule has 0 atom stereocenters. The van der Waals surface area contributed by atoms with Crippen molar-refractivity contribution in [3.05, 3.63) is 216 Å². The molecular weight excluding hydrogens is 653 g/mol. The van der Waals surface area contributed by atoms with Crippen LogP contribution in [0.2, 0.25) is 0 Å². The second kappa shape index (κ2) is 12.4. The zero-order chi connectivity index (χ0) is 35.6. The molecule has 0 radical (unpaired) electrons. The third-order valence-corrected chi connectivity index (χ3v) is 11.4. The molecule has 0 saturated carbocycles. The number of hydrogen-bond acceptors (Lipinski definition) is 1. The Morgan fingerprint density at radius 3 is 1.76 bits per heavy atom. The molecule has 0 unspecified atom stereocenters. The van der Waals surface area contributed by atoms with Crippen molar-refractivity contribution in [3.8, 4) is 16.8 Å². The van der Waals surface area contributed by atoms with Gasteiger partial charge in [0.25, 0.3) is 0 Å². The van der Waals surface area contributed by atoms with Crippen LogP contribution >= 0.6 is 0 Å². The van der Waals surface area contributed by atoms with Gasteiger partial charge in [0.1, 0.15) is 0 Å². The van der Waals surface area contributed by atoms with E-state index < -0.39 is 0 Å². The third-order valence-electron chi connectivity index (χ3n) is 11.4. The van der Waals surface area contributed by atoms with Crippen LogP contribution in [0.1, 0.15) is 22.3 Å². The molecule has 254 valence electrons. The second-order valence-electron chi connectivity index (χ2n) is 14.5. The summed E-state index contributed by atoms with van der Waals surface area (Å²) in [4.78, 5) is 2.48. The fourth-order valence-corrected chi connectivity index (χ4v) is 9.08. The summed E-state index contributed by atoms with van der Waals surface area (Å²) in [6.07, 6.45) is 1.80. The van der Waals surface area contributed by atoms with Gasteiger partial charge < -0.3 is 9.47 Å². The smallest absolute Gasteiger partial charge is 0.0561 e. The number of rotatable bonds is 5. The Hall–Kier alpha value is -6.90. The largest absolute Gasteiger partial charge is 0.310 e. The average Bonchev–Trinajstić information content (AvgIpc) is 3.56. The Balaban J connectivity index is 1.18. The maximum Gasteiger partial charge on any atom is 0.0561 e. The summed E-state index contributed by atoms with van der Waals surface area (Å²) in [7, 11) is 0. The molecule has 0 saturated heterocycles. The number of aromatic nitrogens is 1. The molecule has 1 aliphatic carbocycles. The van der Waals surface area contributed by atoms with Crippen LogP contribution < -0.4 is 4.90 Å². The predicted molar refractivity (Wildman–Crippen MR) is 228 cm³/mol. The van der Waals surface area contributed by atoms with Crippen molar-refractivity contribution in [1.29, 1.82) is 0 Å². The van der Waals surface area contributed by atoms with Crippen LogP contribution in [0.3, 0.4) is 0 Å². The van der Waals surface area contributed by atoms with Crippen molar-refractivity contribution in [2.24, 2.45) is 0 Å². The SMILES string of the molecule is c1ccc(-c2cccc(N(c3ccc4c5ccccc5n(-c5ccccc5)c4c3)c3ccc4c5c(cccc35)Cc3cccc5cccc(c35)C4)c2)cc1. The van der Waals surface area contributed by atoms with Crippen molar-refractivity contribution in [3.63, 3.8) is 0 Å². The summed E-state index contributed by atoms with van der Waals surface area (Å²) in [5, 5.41) is 7.87. The minimum atomic E-state index is 0.898. The Morgan fingerprint density at radius 2 is 0.963 bits per heavy atom. The summed E-state index contributed by atoms with van der Waals surface area (Å²) in [5.74, 6) is 0. The van der Waals surface area contributed by atoms with Crippen molar-refractivity contribution in [1.82, 2.24) is 4.57 Å². The van der Waals surface area contributed by atoms with Gasteiger partial charge in [-0.2, -0.15) is 0 Å². The third kappa shape index (κ3) is 4.88. The molecular formula is C52H36N2. The molecule has 9 aromatic carbocycles. The highest BCUT2D eigenvalue weighted by Gasteiger charge is 2.23. The first-order valence-corrected chi connectivity index (χ1v) is 18.9. The molecule has 0 N–H and O–H groups in total. The predicted octanol–water partition coefficient (Wildman–Crippen LogP) is 13.7. The standard InChI is InChI=1S/C52H36N2/c1-3-13-35(14-4-1)37-17-11-23-43(33-37)53(44-28-29-46-45-24-7-8-26-48(45)54(50(46)34-44)42-21-5-2-6-22-42)49-30-27-41-32-39-19-10-16-36-15-9-18-38(51(36)39)31-40-20-12-25-47(49)52(40)41/h1-30,33-34H,31-32H2. The molecule has 2 heteroatoms. The normalized spacial score (nSPS) is 12.3. The fourth-order valence-electron chi connectivity index (χ4n) is 9.08. The van der Waals surface area contributed by atoms with Crippen LogP contribution in [0.4, 0.5) is 17.1 Å². The summed E-state index contributed by atoms with van der Waals surface area (Å²) in [6.45, 7) is 0. The molecule has 0 amide bonds. The molecule has 1 aromatic heterocycles. The quantitative estimate of drug-likeness (QED) is 0.175. The maximum atomic E-state index is 2.48. The highest BCUT2D eigenvalue weighted by molar-refractivity contribution is 6.11. The second-order valence-corrected chi connectivity index (χ2v) is 14.5. The van der Waals surface area contributed by atoms with E-state index in [0.717, 1.165) is 29.9 Å². The average molecular weight is 689 g/mol. The van der Waals surface area contributed by atoms with E-state index in [1.54, 1.807) is 0 Å². The van der Waals surface area contributed by atoms with Crippen LogP contribution in [-0.4, -0.2) is 4.57 Å². The van der Waals surface area contributed by atoms with Crippen LogP contribution in [0, 0.1) is 0 Å². The van der Waals surface area contributed by atoms with Gasteiger partial charge in [-0.05, 0) is 111 Å². The van der Waals surface area contributed by atoms with Crippen LogP contribution in [0.25, 0.3) is 60.2 Å². The maximum absolute atomic E-state index is 2.48. The van der Waals surface area contributed by atoms with E-state index in [1.807, 2.05) is 0 Å². The minimum absolute atomic E-state index is 0.898. The van der Waals surface area contributed by atoms with Gasteiger partial charge in [0.05, 0.1) is 16.7 Å². The van der Waals surface area contributed by atoms with Gasteiger partial charge in [0, 0.05) is 33.2 Å². The number of para-hydroxylation sites is 2. The molecule has 1 aliphatic rings. The van der Waals surface area contributed by atoms with Crippen molar-refractivity contribution in [2.75, 3.05) is 4.90 Å². The van der Waals surface area contributed by atoms with Crippen LogP contribution in [-0.2, 0) is 12.8 Å². The lowest BCUT2D eigenvalue weighted by Gasteiger charge is -2.29. The first-order valence-electron chi connectivity index (χ1n) is 18.9. The highest BCUT2D eigenvalue weighted by Crippen LogP contribution is 2.45. The summed E-state index contributed by atoms with van der Waals surface area (Å²) in [6, 6.07) is 71.5. The van der Waals surface area contributed by atoms with Gasteiger partial charge >= 0.3 is 0 Å². The van der Waals surface area contributed by atoms with E-state index in [-0.39, 0.29) is 0 Å². The van der Waals surface area contributed by atoms with Crippen LogP contribution in [0.5, 0.6) is 0 Å². The Morgan fingerprint density at radius 1 is 0.370 bits per heavy atom. The fraction of sp³-hybridized carbons (Fsp3) is 0.0385. The lowest BCUT2D eigenvalue weighted by atomic mass is 9.85. The number of benzene rings is 9. The van der Waals surface area contributed by atoms with E-state index in [2.05, 4.69) is 204 Å². The molecule has 0 bridgehead atoms. The first-order chi connectivity index (χ1) is 26.8. The number of hydrogen-bond donors (Lipinski definition) is 0. The molecule has 2 nitrogen and oxygen atoms in total. The lowest BCUT2D eigenvalue weighted by molar-refractivity contribution is 1.16. The van der Waals surface area contributed by atoms with Crippen molar-refractivity contribution >= 4 is 60.4 Å². The van der Waals surface area contributed by atoms with Gasteiger partial charge in [-0.25, -0.2) is 0 Å². The van der Waals surface area contributed by atoms with Crippen molar-refractivity contribution < 1.29 is 0 Å². The Bertz CT molecular complexity index is 3000. The zero-order valence-corrected chi connectivity index (χ0v) is 29.8. The topological polar surface area (TPSA) is 8.17 Å². The van der Waals surface area contributed by atoms with Crippen molar-refractivity contribution in [2.45, 2.75) is 12.8 Å². The van der Waals surface area contributed by atoms with E-state index in [9.17, 15) is 0 Å². The van der Waals surface area contributed by atoms with Gasteiger partial charge in [-0.3, -0.25) is 0 Å². The van der Waals surface area contributed by atoms with Gasteiger partial charge in [0.2, 0.25) is 0 Å². The molecule has 0 spiro atoms. The van der Waals surface area contributed by atoms with E-state index in [1.165, 1.54) is 82.4 Å². The summed E-state index contributed by atoms with van der Waals surface area (Å²) < 4.78 is 2.41. The molecule has 10 aromatic rings. The Labute approximate surface area is 314 Å². The zero-order valence-electron chi connectivity index (χ0n) is 29.8. The highest BCUT2D eigenvalue weighted by atomic mass is 15.1. The molecule has 11 rings (SSSR count). The van der Waals surface area contributed by atoms with E-state index in [4.69, 9.17) is 0 Å². The van der Waals surface area contributed by atoms with Gasteiger partial charge in [0.15, 0.2) is 0 Å². The molecule has 1 heterocycles. The van der Waals surface area contributed by atoms with Gasteiger partial charge in [-0.15, -0.1) is 0 Å². The number of anilines is 3. The number of nitrogens with zero attached hydrogens (tertiary/aromatic N) is 2. The monoisotopic (exact) mass is 688 g/mol. The molecule has 0 fully saturated rings. The van der Waals surface area contributed by atoms with E-state index in [0.29, 0.717) is 0 Å². The Kier molecular flexibility index (Phi) is 7.03. The molecule has 0 aliphatic heterocycles. The molecule has 54 heavy (non-hydrogen) atoms. The lowest BCUT2D eigenvalue weighted by Crippen LogP contribution is -2.12. The summed E-state index contributed by atoms with van der Waals surface area (Å²) >= 11 is 0. The summed E-state index contributed by atoms with van der Waals surface area (Å²) in [5.41, 5.74) is 14.9. The van der Waals surface area contributed by atoms with E-state index >= 15 is 0 Å². The van der Waals surface area contributed by atoms with Gasteiger partial charge in [-0.1, -0.05) is 146 Å². The first kappa shape index (κ1) is 30.7. The van der Waals surface area contributed by atoms with Crippen LogP contribution in [0.15, 0.2) is 194 Å².